The number of nitrogens with zero attached hydrogens (tertiary/aromatic N) is 5. The van der Waals surface area contributed by atoms with Gasteiger partial charge >= 0.3 is 0 Å². The Hall–Kier alpha value is -7.63. The highest BCUT2D eigenvalue weighted by Crippen LogP contribution is 2.38. The first-order valence-corrected chi connectivity index (χ1v) is 18.9. The molecular weight excluding hydrogens is 683 g/mol. The van der Waals surface area contributed by atoms with Crippen LogP contribution in [0.3, 0.4) is 0 Å². The van der Waals surface area contributed by atoms with Gasteiger partial charge in [-0.25, -0.2) is 9.97 Å². The van der Waals surface area contributed by atoms with Crippen molar-refractivity contribution in [2.75, 3.05) is 0 Å². The molecule has 0 saturated carbocycles. The highest BCUT2D eigenvalue weighted by atomic mass is 15.0. The third-order valence-corrected chi connectivity index (χ3v) is 10.8. The van der Waals surface area contributed by atoms with Crippen molar-refractivity contribution >= 4 is 43.7 Å². The number of benzene rings is 7. The van der Waals surface area contributed by atoms with Gasteiger partial charge in [-0.1, -0.05) is 127 Å². The van der Waals surface area contributed by atoms with Crippen LogP contribution in [0.4, 0.5) is 0 Å². The maximum Gasteiger partial charge on any atom is 0.160 e. The van der Waals surface area contributed by atoms with Crippen molar-refractivity contribution in [3.05, 3.63) is 200 Å². The predicted molar refractivity (Wildman–Crippen MR) is 230 cm³/mol. The molecule has 11 rings (SSSR count). The summed E-state index contributed by atoms with van der Waals surface area (Å²) in [5, 5.41) is 3.59. The molecule has 56 heavy (non-hydrogen) atoms. The van der Waals surface area contributed by atoms with E-state index in [-0.39, 0.29) is 0 Å². The Morgan fingerprint density at radius 3 is 1.73 bits per heavy atom. The zero-order valence-corrected chi connectivity index (χ0v) is 30.3. The number of rotatable bonds is 6. The lowest BCUT2D eigenvalue weighted by Crippen LogP contribution is -1.98. The van der Waals surface area contributed by atoms with Crippen molar-refractivity contribution in [2.24, 2.45) is 0 Å². The van der Waals surface area contributed by atoms with E-state index in [0.29, 0.717) is 5.82 Å². The van der Waals surface area contributed by atoms with E-state index in [1.165, 1.54) is 21.8 Å². The van der Waals surface area contributed by atoms with E-state index in [2.05, 4.69) is 161 Å². The Bertz CT molecular complexity index is 3180. The number of hydrogen-bond acceptors (Lipinski definition) is 3. The second-order valence-corrected chi connectivity index (χ2v) is 14.1. The van der Waals surface area contributed by atoms with Crippen LogP contribution in [-0.2, 0) is 0 Å². The SMILES string of the molecule is c1ccc(-c2cc(-c3cccc(-n4c5ccc(-c6ccc7c8ccccc8n(-c8ccccc8)c7c6)cc5c5ncccc54)c3)nc(-c3ccccc3)n2)cc1. The van der Waals surface area contributed by atoms with Gasteiger partial charge in [-0.05, 0) is 77.9 Å². The molecule has 0 unspecified atom stereocenters. The van der Waals surface area contributed by atoms with Crippen molar-refractivity contribution in [3.63, 3.8) is 0 Å². The van der Waals surface area contributed by atoms with Crippen LogP contribution in [-0.4, -0.2) is 24.1 Å². The van der Waals surface area contributed by atoms with Crippen LogP contribution >= 0.6 is 0 Å². The Kier molecular flexibility index (Phi) is 7.42. The summed E-state index contributed by atoms with van der Waals surface area (Å²) in [5.74, 6) is 0.697. The van der Waals surface area contributed by atoms with Gasteiger partial charge < -0.3 is 9.13 Å². The minimum Gasteiger partial charge on any atom is -0.309 e. The first kappa shape index (κ1) is 31.9. The molecular formula is C51H33N5. The topological polar surface area (TPSA) is 48.5 Å². The molecule has 0 aliphatic carbocycles. The number of fused-ring (bicyclic) bond motifs is 6. The van der Waals surface area contributed by atoms with Crippen LogP contribution in [0.15, 0.2) is 200 Å². The monoisotopic (exact) mass is 715 g/mol. The average Bonchev–Trinajstić information content (AvgIpc) is 3.79. The molecule has 4 aromatic heterocycles. The quantitative estimate of drug-likeness (QED) is 0.172. The fourth-order valence-corrected chi connectivity index (χ4v) is 8.17. The molecule has 0 aliphatic rings. The second kappa shape index (κ2) is 13.0. The molecule has 0 spiro atoms. The lowest BCUT2D eigenvalue weighted by atomic mass is 10.0. The predicted octanol–water partition coefficient (Wildman–Crippen LogP) is 12.7. The Labute approximate surface area is 323 Å². The molecule has 0 saturated heterocycles. The molecule has 0 N–H and O–H groups in total. The molecule has 0 bridgehead atoms. The molecule has 0 atom stereocenters. The van der Waals surface area contributed by atoms with Gasteiger partial charge in [0.2, 0.25) is 0 Å². The van der Waals surface area contributed by atoms with Crippen molar-refractivity contribution in [2.45, 2.75) is 0 Å². The Balaban J connectivity index is 1.06. The molecule has 7 aromatic carbocycles. The molecule has 5 nitrogen and oxygen atoms in total. The third kappa shape index (κ3) is 5.29. The van der Waals surface area contributed by atoms with E-state index in [0.717, 1.165) is 72.5 Å². The fourth-order valence-electron chi connectivity index (χ4n) is 8.17. The summed E-state index contributed by atoms with van der Waals surface area (Å²) in [6.07, 6.45) is 1.89. The lowest BCUT2D eigenvalue weighted by molar-refractivity contribution is 1.16. The number of para-hydroxylation sites is 2. The first-order chi connectivity index (χ1) is 27.8. The lowest BCUT2D eigenvalue weighted by Gasteiger charge is -2.12. The molecule has 0 aliphatic heterocycles. The van der Waals surface area contributed by atoms with Crippen molar-refractivity contribution < 1.29 is 0 Å². The van der Waals surface area contributed by atoms with Crippen molar-refractivity contribution in [1.82, 2.24) is 24.1 Å². The van der Waals surface area contributed by atoms with E-state index in [1.54, 1.807) is 0 Å². The van der Waals surface area contributed by atoms with E-state index in [9.17, 15) is 0 Å². The minimum atomic E-state index is 0.697. The molecule has 262 valence electrons. The highest BCUT2D eigenvalue weighted by Gasteiger charge is 2.18. The van der Waals surface area contributed by atoms with Crippen LogP contribution in [0.1, 0.15) is 0 Å². The standard InChI is InChI=1S/C51H33N5/c1-4-14-34(15-5-1)44-33-45(54-51(53-44)35-16-6-2-7-17-35)38-18-12-21-40(30-38)56-47-28-26-36(31-43(47)50-48(56)24-13-29-52-50)37-25-27-42-41-22-10-11-23-46(41)55(49(42)32-37)39-19-8-3-9-20-39/h1-33H. The fraction of sp³-hybridized carbons (Fsp3) is 0. The maximum absolute atomic E-state index is 5.12. The Morgan fingerprint density at radius 1 is 0.321 bits per heavy atom. The van der Waals surface area contributed by atoms with Gasteiger partial charge in [0, 0.05) is 50.4 Å². The second-order valence-electron chi connectivity index (χ2n) is 14.1. The third-order valence-electron chi connectivity index (χ3n) is 10.8. The van der Waals surface area contributed by atoms with Crippen LogP contribution in [0, 0.1) is 0 Å². The molecule has 0 fully saturated rings. The zero-order chi connectivity index (χ0) is 37.0. The number of aromatic nitrogens is 5. The smallest absolute Gasteiger partial charge is 0.160 e. The number of hydrogen-bond donors (Lipinski definition) is 0. The van der Waals surface area contributed by atoms with Crippen LogP contribution in [0.5, 0.6) is 0 Å². The van der Waals surface area contributed by atoms with Crippen LogP contribution in [0.25, 0.3) is 100 Å². The van der Waals surface area contributed by atoms with Gasteiger partial charge in [0.25, 0.3) is 0 Å². The maximum atomic E-state index is 5.12. The van der Waals surface area contributed by atoms with Gasteiger partial charge in [-0.15, -0.1) is 0 Å². The summed E-state index contributed by atoms with van der Waals surface area (Å²) in [7, 11) is 0. The van der Waals surface area contributed by atoms with E-state index < -0.39 is 0 Å². The van der Waals surface area contributed by atoms with E-state index >= 15 is 0 Å². The summed E-state index contributed by atoms with van der Waals surface area (Å²) in [6.45, 7) is 0. The first-order valence-electron chi connectivity index (χ1n) is 18.9. The van der Waals surface area contributed by atoms with Crippen molar-refractivity contribution in [3.8, 4) is 56.4 Å². The molecule has 0 radical (unpaired) electrons. The number of pyridine rings is 1. The van der Waals surface area contributed by atoms with Crippen molar-refractivity contribution in [1.29, 1.82) is 0 Å². The minimum absolute atomic E-state index is 0.697. The molecule has 11 aromatic rings. The summed E-state index contributed by atoms with van der Waals surface area (Å²) in [5.41, 5.74) is 14.8. The van der Waals surface area contributed by atoms with E-state index in [4.69, 9.17) is 15.0 Å². The van der Waals surface area contributed by atoms with Gasteiger partial charge in [0.15, 0.2) is 5.82 Å². The summed E-state index contributed by atoms with van der Waals surface area (Å²) >= 11 is 0. The summed E-state index contributed by atoms with van der Waals surface area (Å²) in [6, 6.07) is 68.3. The van der Waals surface area contributed by atoms with E-state index in [1.807, 2.05) is 48.7 Å². The largest absolute Gasteiger partial charge is 0.309 e. The van der Waals surface area contributed by atoms with Gasteiger partial charge in [-0.3, -0.25) is 4.98 Å². The zero-order valence-electron chi connectivity index (χ0n) is 30.3. The van der Waals surface area contributed by atoms with Gasteiger partial charge in [0.1, 0.15) is 0 Å². The molecule has 5 heteroatoms. The summed E-state index contributed by atoms with van der Waals surface area (Å²) < 4.78 is 4.69. The molecule has 4 heterocycles. The Morgan fingerprint density at radius 2 is 0.911 bits per heavy atom. The van der Waals surface area contributed by atoms with Crippen LogP contribution < -0.4 is 0 Å². The molecule has 0 amide bonds. The van der Waals surface area contributed by atoms with Crippen LogP contribution in [0.2, 0.25) is 0 Å². The average molecular weight is 716 g/mol. The van der Waals surface area contributed by atoms with Gasteiger partial charge in [0.05, 0.1) is 39.0 Å². The normalized spacial score (nSPS) is 11.6. The highest BCUT2D eigenvalue weighted by molar-refractivity contribution is 6.11. The van der Waals surface area contributed by atoms with Gasteiger partial charge in [-0.2, -0.15) is 0 Å². The summed E-state index contributed by atoms with van der Waals surface area (Å²) in [4.78, 5) is 15.1.